The van der Waals surface area contributed by atoms with Crippen molar-refractivity contribution in [3.05, 3.63) is 0 Å². The lowest BCUT2D eigenvalue weighted by Crippen LogP contribution is -2.32. The predicted octanol–water partition coefficient (Wildman–Crippen LogP) is 2.62. The lowest BCUT2D eigenvalue weighted by Gasteiger charge is -2.37. The van der Waals surface area contributed by atoms with Crippen LogP contribution >= 0.6 is 0 Å². The van der Waals surface area contributed by atoms with Crippen LogP contribution in [-0.2, 0) is 9.53 Å². The summed E-state index contributed by atoms with van der Waals surface area (Å²) in [6.45, 7) is 4.65. The van der Waals surface area contributed by atoms with E-state index in [2.05, 4.69) is 13.8 Å². The van der Waals surface area contributed by atoms with E-state index in [1.54, 1.807) is 0 Å². The highest BCUT2D eigenvalue weighted by Gasteiger charge is 2.52. The quantitative estimate of drug-likeness (QED) is 0.635. The SMILES string of the molecule is COC(=O)C[C@@H]1[C@@H]2CC[C@@H](C2)C1(C)C. The summed E-state index contributed by atoms with van der Waals surface area (Å²) in [6, 6.07) is 0. The largest absolute Gasteiger partial charge is 0.469 e. The molecule has 14 heavy (non-hydrogen) atoms. The number of carbonyl (C=O) groups excluding carboxylic acids is 1. The van der Waals surface area contributed by atoms with E-state index in [1.165, 1.54) is 26.4 Å². The summed E-state index contributed by atoms with van der Waals surface area (Å²) >= 11 is 0. The van der Waals surface area contributed by atoms with Crippen molar-refractivity contribution in [2.45, 2.75) is 39.5 Å². The highest BCUT2D eigenvalue weighted by Crippen LogP contribution is 2.60. The molecule has 0 N–H and O–H groups in total. The first kappa shape index (κ1) is 10.0. The zero-order valence-corrected chi connectivity index (χ0v) is 9.38. The molecule has 0 aliphatic heterocycles. The Morgan fingerprint density at radius 2 is 2.14 bits per heavy atom. The number of hydrogen-bond donors (Lipinski definition) is 0. The second kappa shape index (κ2) is 3.25. The number of fused-ring (bicyclic) bond motifs is 2. The fourth-order valence-corrected chi connectivity index (χ4v) is 3.66. The van der Waals surface area contributed by atoms with Gasteiger partial charge in [0, 0.05) is 6.42 Å². The molecule has 0 radical (unpaired) electrons. The number of ether oxygens (including phenoxy) is 1. The molecule has 0 unspecified atom stereocenters. The summed E-state index contributed by atoms with van der Waals surface area (Å²) in [4.78, 5) is 11.3. The third-order valence-electron chi connectivity index (χ3n) is 4.66. The molecular weight excluding hydrogens is 176 g/mol. The van der Waals surface area contributed by atoms with Crippen molar-refractivity contribution in [2.75, 3.05) is 7.11 Å². The highest BCUT2D eigenvalue weighted by molar-refractivity contribution is 5.69. The van der Waals surface area contributed by atoms with E-state index < -0.39 is 0 Å². The lowest BCUT2D eigenvalue weighted by molar-refractivity contribution is -0.143. The molecule has 2 fully saturated rings. The average molecular weight is 196 g/mol. The molecule has 80 valence electrons. The van der Waals surface area contributed by atoms with Crippen LogP contribution in [0.4, 0.5) is 0 Å². The van der Waals surface area contributed by atoms with E-state index in [1.807, 2.05) is 0 Å². The zero-order chi connectivity index (χ0) is 10.3. The molecular formula is C12H20O2. The Morgan fingerprint density at radius 1 is 1.43 bits per heavy atom. The minimum absolute atomic E-state index is 0.0318. The molecule has 2 bridgehead atoms. The predicted molar refractivity (Wildman–Crippen MR) is 54.7 cm³/mol. The maximum Gasteiger partial charge on any atom is 0.305 e. The first-order chi connectivity index (χ1) is 6.55. The van der Waals surface area contributed by atoms with Crippen molar-refractivity contribution >= 4 is 5.97 Å². The van der Waals surface area contributed by atoms with Gasteiger partial charge in [0.25, 0.3) is 0 Å². The zero-order valence-electron chi connectivity index (χ0n) is 9.38. The number of esters is 1. The first-order valence-corrected chi connectivity index (χ1v) is 5.62. The fourth-order valence-electron chi connectivity index (χ4n) is 3.66. The van der Waals surface area contributed by atoms with Crippen LogP contribution in [0.2, 0.25) is 0 Å². The smallest absolute Gasteiger partial charge is 0.305 e. The van der Waals surface area contributed by atoms with Gasteiger partial charge in [0.2, 0.25) is 0 Å². The van der Waals surface area contributed by atoms with Crippen LogP contribution in [0.1, 0.15) is 39.5 Å². The van der Waals surface area contributed by atoms with Crippen LogP contribution in [0.5, 0.6) is 0 Å². The lowest BCUT2D eigenvalue weighted by atomic mass is 9.67. The first-order valence-electron chi connectivity index (χ1n) is 5.62. The standard InChI is InChI=1S/C12H20O2/c1-12(2)9-5-4-8(6-9)10(12)7-11(13)14-3/h8-10H,4-7H2,1-3H3/t8-,9+,10-/m1/s1. The Hall–Kier alpha value is -0.530. The maximum absolute atomic E-state index is 11.3. The van der Waals surface area contributed by atoms with Crippen LogP contribution in [0.3, 0.4) is 0 Å². The molecule has 0 saturated heterocycles. The minimum Gasteiger partial charge on any atom is -0.469 e. The number of methoxy groups -OCH3 is 1. The molecule has 0 aromatic rings. The number of carbonyl (C=O) groups is 1. The fraction of sp³-hybridized carbons (Fsp3) is 0.917. The van der Waals surface area contributed by atoms with E-state index in [0.717, 1.165) is 11.8 Å². The van der Waals surface area contributed by atoms with Crippen LogP contribution in [0.15, 0.2) is 0 Å². The van der Waals surface area contributed by atoms with Crippen molar-refractivity contribution in [1.29, 1.82) is 0 Å². The van der Waals surface area contributed by atoms with Crippen molar-refractivity contribution < 1.29 is 9.53 Å². The molecule has 0 heterocycles. The number of rotatable bonds is 2. The maximum atomic E-state index is 11.3. The molecule has 2 heteroatoms. The minimum atomic E-state index is -0.0318. The van der Waals surface area contributed by atoms with E-state index in [9.17, 15) is 4.79 Å². The van der Waals surface area contributed by atoms with Gasteiger partial charge in [-0.3, -0.25) is 4.79 Å². The molecule has 2 aliphatic rings. The summed E-state index contributed by atoms with van der Waals surface area (Å²) in [7, 11) is 1.49. The van der Waals surface area contributed by atoms with E-state index >= 15 is 0 Å². The Bertz CT molecular complexity index is 245. The monoisotopic (exact) mass is 196 g/mol. The van der Waals surface area contributed by atoms with Crippen LogP contribution < -0.4 is 0 Å². The van der Waals surface area contributed by atoms with Gasteiger partial charge in [0.1, 0.15) is 0 Å². The van der Waals surface area contributed by atoms with Crippen molar-refractivity contribution in [3.8, 4) is 0 Å². The summed E-state index contributed by atoms with van der Waals surface area (Å²) in [5, 5.41) is 0. The van der Waals surface area contributed by atoms with E-state index in [4.69, 9.17) is 4.74 Å². The summed E-state index contributed by atoms with van der Waals surface area (Å²) in [5.41, 5.74) is 0.358. The second-order valence-corrected chi connectivity index (χ2v) is 5.48. The van der Waals surface area contributed by atoms with Gasteiger partial charge in [0.15, 0.2) is 0 Å². The van der Waals surface area contributed by atoms with Gasteiger partial charge in [-0.05, 0) is 42.4 Å². The molecule has 0 aromatic carbocycles. The molecule has 2 rings (SSSR count). The van der Waals surface area contributed by atoms with Gasteiger partial charge in [-0.1, -0.05) is 13.8 Å². The number of hydrogen-bond acceptors (Lipinski definition) is 2. The average Bonchev–Trinajstić information content (AvgIpc) is 2.68. The normalized spacial score (nSPS) is 38.6. The molecule has 2 aliphatic carbocycles. The van der Waals surface area contributed by atoms with Crippen LogP contribution in [0.25, 0.3) is 0 Å². The van der Waals surface area contributed by atoms with Gasteiger partial charge in [-0.15, -0.1) is 0 Å². The molecule has 0 amide bonds. The van der Waals surface area contributed by atoms with Gasteiger partial charge in [-0.2, -0.15) is 0 Å². The third kappa shape index (κ3) is 1.35. The summed E-state index contributed by atoms with van der Waals surface area (Å²) in [5.74, 6) is 2.17. The highest BCUT2D eigenvalue weighted by atomic mass is 16.5. The van der Waals surface area contributed by atoms with E-state index in [0.29, 0.717) is 17.8 Å². The summed E-state index contributed by atoms with van der Waals surface area (Å²) in [6.07, 6.45) is 4.67. The Labute approximate surface area is 86.0 Å². The Kier molecular flexibility index (Phi) is 2.32. The Balaban J connectivity index is 2.08. The molecule has 0 aromatic heterocycles. The van der Waals surface area contributed by atoms with Gasteiger partial charge in [0.05, 0.1) is 7.11 Å². The topological polar surface area (TPSA) is 26.3 Å². The third-order valence-corrected chi connectivity index (χ3v) is 4.66. The van der Waals surface area contributed by atoms with Crippen molar-refractivity contribution in [2.24, 2.45) is 23.2 Å². The van der Waals surface area contributed by atoms with Gasteiger partial charge >= 0.3 is 5.97 Å². The van der Waals surface area contributed by atoms with Gasteiger partial charge in [-0.25, -0.2) is 0 Å². The molecule has 2 saturated carbocycles. The van der Waals surface area contributed by atoms with Crippen LogP contribution in [-0.4, -0.2) is 13.1 Å². The molecule has 2 nitrogen and oxygen atoms in total. The second-order valence-electron chi connectivity index (χ2n) is 5.48. The molecule has 0 spiro atoms. The summed E-state index contributed by atoms with van der Waals surface area (Å²) < 4.78 is 4.77. The molecule has 3 atom stereocenters. The van der Waals surface area contributed by atoms with Crippen molar-refractivity contribution in [3.63, 3.8) is 0 Å². The van der Waals surface area contributed by atoms with E-state index in [-0.39, 0.29) is 5.97 Å². The van der Waals surface area contributed by atoms with Crippen molar-refractivity contribution in [1.82, 2.24) is 0 Å². The Morgan fingerprint density at radius 3 is 2.64 bits per heavy atom. The van der Waals surface area contributed by atoms with Gasteiger partial charge < -0.3 is 4.74 Å². The van der Waals surface area contributed by atoms with Crippen LogP contribution in [0, 0.1) is 23.2 Å².